The molecule has 2 heterocycles. The molecule has 0 bridgehead atoms. The van der Waals surface area contributed by atoms with Crippen LogP contribution in [0.25, 0.3) is 33.7 Å². The number of fused-ring (bicyclic) bond motifs is 2. The number of para-hydroxylation sites is 3. The first kappa shape index (κ1) is 17.6. The van der Waals surface area contributed by atoms with E-state index in [0.29, 0.717) is 17.2 Å². The predicted octanol–water partition coefficient (Wildman–Crippen LogP) is 5.36. The molecule has 0 atom stereocenters. The molecule has 6 heteroatoms. The fourth-order valence-electron chi connectivity index (χ4n) is 3.50. The third kappa shape index (κ3) is 3.19. The van der Waals surface area contributed by atoms with Crippen molar-refractivity contribution in [1.29, 1.82) is 0 Å². The van der Waals surface area contributed by atoms with Crippen LogP contribution in [0.1, 0.15) is 5.56 Å². The van der Waals surface area contributed by atoms with Crippen molar-refractivity contribution >= 4 is 33.9 Å². The molecule has 3 aromatic carbocycles. The van der Waals surface area contributed by atoms with Gasteiger partial charge in [0, 0.05) is 16.1 Å². The van der Waals surface area contributed by atoms with Crippen LogP contribution in [0, 0.1) is 0 Å². The minimum Gasteiger partial charge on any atom is -0.496 e. The summed E-state index contributed by atoms with van der Waals surface area (Å²) in [4.78, 5) is 14.4. The van der Waals surface area contributed by atoms with Crippen molar-refractivity contribution < 1.29 is 4.74 Å². The van der Waals surface area contributed by atoms with Crippen molar-refractivity contribution in [2.24, 2.45) is 0 Å². The maximum atomic E-state index is 6.25. The van der Waals surface area contributed by atoms with Gasteiger partial charge in [0.1, 0.15) is 11.6 Å². The van der Waals surface area contributed by atoms with E-state index in [9.17, 15) is 0 Å². The summed E-state index contributed by atoms with van der Waals surface area (Å²) in [6.45, 7) is 0.551. The highest BCUT2D eigenvalue weighted by Crippen LogP contribution is 2.29. The molecule has 0 amide bonds. The zero-order valence-electron chi connectivity index (χ0n) is 15.7. The van der Waals surface area contributed by atoms with Crippen molar-refractivity contribution in [1.82, 2.24) is 19.5 Å². The molecule has 0 aliphatic carbocycles. The van der Waals surface area contributed by atoms with Crippen LogP contribution in [0.5, 0.6) is 5.75 Å². The Morgan fingerprint density at radius 1 is 0.862 bits per heavy atom. The topological polar surface area (TPSA) is 52.8 Å². The van der Waals surface area contributed by atoms with Gasteiger partial charge in [-0.15, -0.1) is 0 Å². The number of aromatic nitrogens is 4. The summed E-state index contributed by atoms with van der Waals surface area (Å²) in [6, 6.07) is 23.4. The van der Waals surface area contributed by atoms with E-state index in [1.165, 1.54) is 0 Å². The van der Waals surface area contributed by atoms with Gasteiger partial charge in [-0.1, -0.05) is 54.1 Å². The van der Waals surface area contributed by atoms with E-state index in [1.807, 2.05) is 72.8 Å². The molecule has 5 nitrogen and oxygen atoms in total. The Bertz CT molecular complexity index is 1350. The highest BCUT2D eigenvalue weighted by atomic mass is 35.5. The maximum absolute atomic E-state index is 6.25. The Kier molecular flexibility index (Phi) is 4.37. The van der Waals surface area contributed by atoms with Gasteiger partial charge in [0.15, 0.2) is 11.3 Å². The van der Waals surface area contributed by atoms with Gasteiger partial charge in [-0.05, 0) is 30.3 Å². The first-order valence-corrected chi connectivity index (χ1v) is 9.61. The third-order valence-electron chi connectivity index (χ3n) is 4.86. The summed E-state index contributed by atoms with van der Waals surface area (Å²) in [5, 5.41) is 0.657. The Morgan fingerprint density at radius 3 is 2.41 bits per heavy atom. The van der Waals surface area contributed by atoms with E-state index < -0.39 is 0 Å². The molecule has 0 radical (unpaired) electrons. The summed E-state index contributed by atoms with van der Waals surface area (Å²) in [6.07, 6.45) is 0. The lowest BCUT2D eigenvalue weighted by Gasteiger charge is -2.12. The Balaban J connectivity index is 1.78. The first-order valence-electron chi connectivity index (χ1n) is 9.24. The third-order valence-corrected chi connectivity index (χ3v) is 5.10. The van der Waals surface area contributed by atoms with E-state index >= 15 is 0 Å². The molecular formula is C23H17ClN4O. The van der Waals surface area contributed by atoms with Gasteiger partial charge in [0.05, 0.1) is 24.7 Å². The Labute approximate surface area is 172 Å². The molecule has 0 saturated carbocycles. The van der Waals surface area contributed by atoms with Crippen LogP contribution in [0.4, 0.5) is 0 Å². The van der Waals surface area contributed by atoms with Crippen LogP contribution in [0.2, 0.25) is 5.02 Å². The van der Waals surface area contributed by atoms with Gasteiger partial charge in [-0.3, -0.25) is 0 Å². The lowest BCUT2D eigenvalue weighted by molar-refractivity contribution is 0.408. The fourth-order valence-corrected chi connectivity index (χ4v) is 3.69. The number of benzene rings is 3. The van der Waals surface area contributed by atoms with Gasteiger partial charge < -0.3 is 9.30 Å². The van der Waals surface area contributed by atoms with Gasteiger partial charge in [-0.25, -0.2) is 15.0 Å². The van der Waals surface area contributed by atoms with Crippen molar-refractivity contribution in [3.63, 3.8) is 0 Å². The average Bonchev–Trinajstić information content (AvgIpc) is 3.10. The number of hydrogen-bond acceptors (Lipinski definition) is 4. The average molecular weight is 401 g/mol. The summed E-state index contributed by atoms with van der Waals surface area (Å²) >= 11 is 6.25. The minimum atomic E-state index is 0.551. The molecular weight excluding hydrogens is 384 g/mol. The van der Waals surface area contributed by atoms with Crippen LogP contribution in [0.15, 0.2) is 72.8 Å². The lowest BCUT2D eigenvalue weighted by atomic mass is 10.1. The molecule has 0 N–H and O–H groups in total. The second-order valence-electron chi connectivity index (χ2n) is 6.70. The monoisotopic (exact) mass is 400 g/mol. The summed E-state index contributed by atoms with van der Waals surface area (Å²) in [7, 11) is 1.68. The second-order valence-corrected chi connectivity index (χ2v) is 7.14. The lowest BCUT2D eigenvalue weighted by Crippen LogP contribution is -2.05. The number of nitrogens with zero attached hydrogens (tertiary/aromatic N) is 4. The minimum absolute atomic E-state index is 0.551. The molecule has 142 valence electrons. The van der Waals surface area contributed by atoms with Gasteiger partial charge in [0.25, 0.3) is 0 Å². The number of ether oxygens (including phenoxy) is 1. The van der Waals surface area contributed by atoms with Gasteiger partial charge >= 0.3 is 0 Å². The summed E-state index contributed by atoms with van der Waals surface area (Å²) in [5.74, 6) is 1.59. The number of rotatable bonds is 4. The van der Waals surface area contributed by atoms with E-state index in [1.54, 1.807) is 7.11 Å². The molecule has 5 rings (SSSR count). The standard InChI is InChI=1S/C23H17ClN4O/c1-29-20-12-5-2-7-16(20)14-28-22(15-8-6-9-17(24)13-15)27-21-23(28)26-19-11-4-3-10-18(19)25-21/h2-13H,14H2,1H3. The van der Waals surface area contributed by atoms with Gasteiger partial charge in [-0.2, -0.15) is 0 Å². The molecule has 5 aromatic rings. The molecule has 0 fully saturated rings. The number of hydrogen-bond donors (Lipinski definition) is 0. The zero-order chi connectivity index (χ0) is 19.8. The van der Waals surface area contributed by atoms with Crippen LogP contribution in [-0.4, -0.2) is 26.6 Å². The normalized spacial score (nSPS) is 11.2. The van der Waals surface area contributed by atoms with Crippen LogP contribution < -0.4 is 4.74 Å². The summed E-state index contributed by atoms with van der Waals surface area (Å²) in [5.41, 5.74) is 4.93. The molecule has 29 heavy (non-hydrogen) atoms. The van der Waals surface area contributed by atoms with E-state index in [-0.39, 0.29) is 0 Å². The predicted molar refractivity (Wildman–Crippen MR) is 115 cm³/mol. The SMILES string of the molecule is COc1ccccc1Cn1c(-c2cccc(Cl)c2)nc2nc3ccccc3nc21. The molecule has 2 aromatic heterocycles. The van der Waals surface area contributed by atoms with Crippen LogP contribution >= 0.6 is 11.6 Å². The largest absolute Gasteiger partial charge is 0.496 e. The Morgan fingerprint density at radius 2 is 1.62 bits per heavy atom. The molecule has 0 aliphatic rings. The maximum Gasteiger partial charge on any atom is 0.198 e. The van der Waals surface area contributed by atoms with Crippen LogP contribution in [-0.2, 0) is 6.54 Å². The van der Waals surface area contributed by atoms with Crippen molar-refractivity contribution in [2.75, 3.05) is 7.11 Å². The molecule has 0 unspecified atom stereocenters. The molecule has 0 spiro atoms. The Hall–Kier alpha value is -3.44. The van der Waals surface area contributed by atoms with E-state index in [0.717, 1.165) is 39.4 Å². The number of imidazole rings is 1. The highest BCUT2D eigenvalue weighted by Gasteiger charge is 2.17. The van der Waals surface area contributed by atoms with E-state index in [2.05, 4.69) is 4.57 Å². The zero-order valence-corrected chi connectivity index (χ0v) is 16.5. The molecule has 0 saturated heterocycles. The van der Waals surface area contributed by atoms with Gasteiger partial charge in [0.2, 0.25) is 0 Å². The molecule has 0 aliphatic heterocycles. The highest BCUT2D eigenvalue weighted by molar-refractivity contribution is 6.30. The van der Waals surface area contributed by atoms with Crippen molar-refractivity contribution in [3.8, 4) is 17.1 Å². The van der Waals surface area contributed by atoms with Crippen molar-refractivity contribution in [3.05, 3.63) is 83.4 Å². The van der Waals surface area contributed by atoms with E-state index in [4.69, 9.17) is 31.3 Å². The van der Waals surface area contributed by atoms with Crippen LogP contribution in [0.3, 0.4) is 0 Å². The number of methoxy groups -OCH3 is 1. The first-order chi connectivity index (χ1) is 14.2. The smallest absolute Gasteiger partial charge is 0.198 e. The quantitative estimate of drug-likeness (QED) is 0.407. The summed E-state index contributed by atoms with van der Waals surface area (Å²) < 4.78 is 7.62. The fraction of sp³-hybridized carbons (Fsp3) is 0.0870. The van der Waals surface area contributed by atoms with Crippen molar-refractivity contribution in [2.45, 2.75) is 6.54 Å². The second kappa shape index (κ2) is 7.18. The number of halogens is 1.